The van der Waals surface area contributed by atoms with E-state index in [1.165, 1.54) is 0 Å². The third-order valence-corrected chi connectivity index (χ3v) is 3.93. The Morgan fingerprint density at radius 2 is 1.83 bits per heavy atom. The molecular weight excluding hydrogens is 306 g/mol. The fraction of sp³-hybridized carbons (Fsp3) is 0.222. The van der Waals surface area contributed by atoms with Crippen molar-refractivity contribution >= 4 is 28.2 Å². The van der Waals surface area contributed by atoms with E-state index in [2.05, 4.69) is 4.98 Å². The second-order valence-electron chi connectivity index (χ2n) is 5.58. The van der Waals surface area contributed by atoms with Crippen LogP contribution < -0.4 is 10.5 Å². The number of para-hydroxylation sites is 3. The normalized spacial score (nSPS) is 10.9. The van der Waals surface area contributed by atoms with E-state index in [1.54, 1.807) is 0 Å². The molecule has 1 heterocycles. The van der Waals surface area contributed by atoms with Gasteiger partial charge in [-0.15, -0.1) is 0 Å². The third-order valence-electron chi connectivity index (χ3n) is 3.80. The Balaban J connectivity index is 1.94. The highest BCUT2D eigenvalue weighted by Crippen LogP contribution is 2.24. The summed E-state index contributed by atoms with van der Waals surface area (Å²) in [6, 6.07) is 14.1. The van der Waals surface area contributed by atoms with Gasteiger partial charge in [-0.25, -0.2) is 4.98 Å². The Bertz CT molecular complexity index is 850. The maximum atomic E-state index is 6.04. The minimum absolute atomic E-state index is 0.378. The lowest BCUT2D eigenvalue weighted by Gasteiger charge is -2.13. The van der Waals surface area contributed by atoms with E-state index in [9.17, 15) is 0 Å². The summed E-state index contributed by atoms with van der Waals surface area (Å²) in [6.45, 7) is 4.92. The first-order chi connectivity index (χ1) is 11.1. The molecule has 0 spiro atoms. The molecule has 2 aromatic carbocycles. The average molecular weight is 325 g/mol. The van der Waals surface area contributed by atoms with E-state index in [-0.39, 0.29) is 0 Å². The second kappa shape index (κ2) is 6.38. The van der Waals surface area contributed by atoms with Gasteiger partial charge in [-0.1, -0.05) is 42.5 Å². The molecule has 4 nitrogen and oxygen atoms in total. The number of imidazole rings is 1. The lowest BCUT2D eigenvalue weighted by Crippen LogP contribution is -2.19. The minimum atomic E-state index is 0.378. The Morgan fingerprint density at radius 1 is 1.13 bits per heavy atom. The van der Waals surface area contributed by atoms with Gasteiger partial charge in [0.15, 0.2) is 0 Å². The quantitative estimate of drug-likeness (QED) is 0.729. The van der Waals surface area contributed by atoms with Gasteiger partial charge in [0.2, 0.25) is 0 Å². The van der Waals surface area contributed by atoms with Crippen LogP contribution >= 0.6 is 12.2 Å². The molecule has 23 heavy (non-hydrogen) atoms. The average Bonchev–Trinajstić information content (AvgIpc) is 2.84. The molecule has 0 fully saturated rings. The summed E-state index contributed by atoms with van der Waals surface area (Å²) in [7, 11) is 0. The van der Waals surface area contributed by atoms with Gasteiger partial charge in [0.25, 0.3) is 0 Å². The Hall–Kier alpha value is -2.40. The van der Waals surface area contributed by atoms with E-state index in [0.717, 1.165) is 33.7 Å². The minimum Gasteiger partial charge on any atom is -0.485 e. The van der Waals surface area contributed by atoms with Crippen molar-refractivity contribution in [2.45, 2.75) is 27.0 Å². The summed E-state index contributed by atoms with van der Waals surface area (Å²) in [5.74, 6) is 1.73. The highest BCUT2D eigenvalue weighted by atomic mass is 32.1. The maximum Gasteiger partial charge on any atom is 0.148 e. The molecule has 0 aliphatic heterocycles. The Kier molecular flexibility index (Phi) is 4.30. The van der Waals surface area contributed by atoms with Crippen LogP contribution in [0.4, 0.5) is 0 Å². The number of rotatable bonds is 5. The summed E-state index contributed by atoms with van der Waals surface area (Å²) in [4.78, 5) is 5.09. The number of hydrogen-bond donors (Lipinski definition) is 1. The summed E-state index contributed by atoms with van der Waals surface area (Å²) in [5, 5.41) is 0. The van der Waals surface area contributed by atoms with Gasteiger partial charge >= 0.3 is 0 Å². The first-order valence-electron chi connectivity index (χ1n) is 7.47. The zero-order valence-electron chi connectivity index (χ0n) is 13.2. The molecule has 5 heteroatoms. The van der Waals surface area contributed by atoms with Gasteiger partial charge < -0.3 is 15.0 Å². The summed E-state index contributed by atoms with van der Waals surface area (Å²) >= 11 is 5.07. The van der Waals surface area contributed by atoms with Crippen LogP contribution in [0.2, 0.25) is 0 Å². The number of nitrogens with two attached hydrogens (primary N) is 1. The van der Waals surface area contributed by atoms with Crippen LogP contribution in [-0.4, -0.2) is 14.5 Å². The highest BCUT2D eigenvalue weighted by Gasteiger charge is 2.13. The summed E-state index contributed by atoms with van der Waals surface area (Å²) in [5.41, 5.74) is 9.90. The molecule has 0 saturated carbocycles. The zero-order chi connectivity index (χ0) is 16.4. The van der Waals surface area contributed by atoms with Crippen LogP contribution in [0.25, 0.3) is 11.0 Å². The van der Waals surface area contributed by atoms with Crippen molar-refractivity contribution in [3.63, 3.8) is 0 Å². The van der Waals surface area contributed by atoms with Crippen molar-refractivity contribution in [1.82, 2.24) is 9.55 Å². The predicted octanol–water partition coefficient (Wildman–Crippen LogP) is 3.52. The molecule has 1 aromatic heterocycles. The standard InChI is InChI=1S/C18H19N3OS/c1-12-6-5-7-13(2)18(12)22-11-17-20-14-8-3-4-9-15(14)21(17)10-16(19)23/h3-9H,10-11H2,1-2H3,(H2,19,23). The monoisotopic (exact) mass is 325 g/mol. The molecule has 2 N–H and O–H groups in total. The number of hydrogen-bond acceptors (Lipinski definition) is 3. The number of nitrogens with zero attached hydrogens (tertiary/aromatic N) is 2. The number of aromatic nitrogens is 2. The number of benzene rings is 2. The van der Waals surface area contributed by atoms with E-state index in [0.29, 0.717) is 18.1 Å². The van der Waals surface area contributed by atoms with Crippen molar-refractivity contribution in [2.24, 2.45) is 5.73 Å². The topological polar surface area (TPSA) is 53.1 Å². The molecule has 0 amide bonds. The molecule has 3 aromatic rings. The number of ether oxygens (including phenoxy) is 1. The van der Waals surface area contributed by atoms with Crippen LogP contribution in [0.15, 0.2) is 42.5 Å². The molecule has 3 rings (SSSR count). The van der Waals surface area contributed by atoms with E-state index in [1.807, 2.05) is 60.9 Å². The number of fused-ring (bicyclic) bond motifs is 1. The van der Waals surface area contributed by atoms with Gasteiger partial charge in [0.1, 0.15) is 18.2 Å². The maximum absolute atomic E-state index is 6.04. The first kappa shape index (κ1) is 15.5. The smallest absolute Gasteiger partial charge is 0.148 e. The van der Waals surface area contributed by atoms with Crippen molar-refractivity contribution in [2.75, 3.05) is 0 Å². The summed E-state index contributed by atoms with van der Waals surface area (Å²) in [6.07, 6.45) is 0. The van der Waals surface area contributed by atoms with Gasteiger partial charge in [-0.3, -0.25) is 0 Å². The zero-order valence-corrected chi connectivity index (χ0v) is 14.1. The van der Waals surface area contributed by atoms with Crippen LogP contribution in [-0.2, 0) is 13.2 Å². The number of aryl methyl sites for hydroxylation is 2. The molecule has 0 aliphatic rings. The molecule has 0 atom stereocenters. The molecule has 0 bridgehead atoms. The van der Waals surface area contributed by atoms with Crippen LogP contribution in [0, 0.1) is 13.8 Å². The molecule has 0 saturated heterocycles. The van der Waals surface area contributed by atoms with E-state index >= 15 is 0 Å². The van der Waals surface area contributed by atoms with Crippen molar-refractivity contribution < 1.29 is 4.74 Å². The fourth-order valence-electron chi connectivity index (χ4n) is 2.73. The van der Waals surface area contributed by atoms with Crippen molar-refractivity contribution in [3.8, 4) is 5.75 Å². The fourth-order valence-corrected chi connectivity index (χ4v) is 2.86. The van der Waals surface area contributed by atoms with Gasteiger partial charge in [0, 0.05) is 0 Å². The predicted molar refractivity (Wildman–Crippen MR) is 96.8 cm³/mol. The van der Waals surface area contributed by atoms with Gasteiger partial charge in [-0.2, -0.15) is 0 Å². The Morgan fingerprint density at radius 3 is 2.52 bits per heavy atom. The lowest BCUT2D eigenvalue weighted by atomic mass is 10.1. The number of thiocarbonyl (C=S) groups is 1. The van der Waals surface area contributed by atoms with E-state index < -0.39 is 0 Å². The largest absolute Gasteiger partial charge is 0.485 e. The highest BCUT2D eigenvalue weighted by molar-refractivity contribution is 7.80. The molecular formula is C18H19N3OS. The van der Waals surface area contributed by atoms with Gasteiger partial charge in [-0.05, 0) is 37.1 Å². The molecule has 0 aliphatic carbocycles. The molecule has 0 unspecified atom stereocenters. The van der Waals surface area contributed by atoms with Crippen LogP contribution in [0.3, 0.4) is 0 Å². The molecule has 0 radical (unpaired) electrons. The SMILES string of the molecule is Cc1cccc(C)c1OCc1nc2ccccc2n1CC(N)=S. The summed E-state index contributed by atoms with van der Waals surface area (Å²) < 4.78 is 8.06. The molecule has 118 valence electrons. The third kappa shape index (κ3) is 3.19. The first-order valence-corrected chi connectivity index (χ1v) is 7.88. The lowest BCUT2D eigenvalue weighted by molar-refractivity contribution is 0.288. The van der Waals surface area contributed by atoms with Crippen LogP contribution in [0.1, 0.15) is 17.0 Å². The van der Waals surface area contributed by atoms with Crippen molar-refractivity contribution in [3.05, 3.63) is 59.4 Å². The van der Waals surface area contributed by atoms with Crippen LogP contribution in [0.5, 0.6) is 5.75 Å². The Labute approximate surface area is 140 Å². The second-order valence-corrected chi connectivity index (χ2v) is 6.10. The van der Waals surface area contributed by atoms with Crippen molar-refractivity contribution in [1.29, 1.82) is 0 Å². The van der Waals surface area contributed by atoms with Gasteiger partial charge in [0.05, 0.1) is 22.6 Å². The van der Waals surface area contributed by atoms with E-state index in [4.69, 9.17) is 22.7 Å².